The Morgan fingerprint density at radius 2 is 0.871 bits per heavy atom. The van der Waals surface area contributed by atoms with E-state index in [0.717, 1.165) is 61.3 Å². The zero-order valence-corrected chi connectivity index (χ0v) is 33.9. The van der Waals surface area contributed by atoms with Crippen molar-refractivity contribution in [1.29, 1.82) is 0 Å². The first-order valence-electron chi connectivity index (χ1n) is 21.2. The largest absolute Gasteiger partial charge is 0.455 e. The molecule has 0 fully saturated rings. The third-order valence-corrected chi connectivity index (χ3v) is 12.5. The molecule has 0 aliphatic rings. The SMILES string of the molecule is c1ccc(-c2ccc(-c3cccc(N(c4ccc(-c5cc6ccccc6c6ccccc56)cc4)c4ccc(-c5cccc6ccccc56)c5oc6ccccc6c45)c3)cc2)cc1. The molecule has 1 heterocycles. The van der Waals surface area contributed by atoms with E-state index in [4.69, 9.17) is 4.42 Å². The molecule has 2 nitrogen and oxygen atoms in total. The number of fused-ring (bicyclic) bond motifs is 7. The van der Waals surface area contributed by atoms with Crippen LogP contribution in [-0.4, -0.2) is 0 Å². The van der Waals surface area contributed by atoms with Crippen molar-refractivity contribution in [1.82, 2.24) is 0 Å². The second kappa shape index (κ2) is 14.8. The minimum Gasteiger partial charge on any atom is -0.455 e. The molecule has 0 atom stereocenters. The van der Waals surface area contributed by atoms with Gasteiger partial charge in [0.1, 0.15) is 11.2 Å². The Labute approximate surface area is 360 Å². The van der Waals surface area contributed by atoms with E-state index in [9.17, 15) is 0 Å². The van der Waals surface area contributed by atoms with Gasteiger partial charge in [-0.25, -0.2) is 0 Å². The fraction of sp³-hybridized carbons (Fsp3) is 0. The Balaban J connectivity index is 1.06. The van der Waals surface area contributed by atoms with Crippen molar-refractivity contribution < 1.29 is 4.42 Å². The van der Waals surface area contributed by atoms with Gasteiger partial charge in [-0.15, -0.1) is 0 Å². The first-order valence-corrected chi connectivity index (χ1v) is 21.2. The molecule has 0 amide bonds. The van der Waals surface area contributed by atoms with E-state index in [1.165, 1.54) is 54.6 Å². The lowest BCUT2D eigenvalue weighted by atomic mass is 9.93. The van der Waals surface area contributed by atoms with Gasteiger partial charge in [-0.2, -0.15) is 0 Å². The molecular formula is C60H39NO. The molecule has 290 valence electrons. The van der Waals surface area contributed by atoms with Crippen LogP contribution < -0.4 is 4.90 Å². The normalized spacial score (nSPS) is 11.5. The molecule has 0 N–H and O–H groups in total. The fourth-order valence-electron chi connectivity index (χ4n) is 9.49. The second-order valence-corrected chi connectivity index (χ2v) is 16.0. The van der Waals surface area contributed by atoms with Gasteiger partial charge in [0.15, 0.2) is 0 Å². The lowest BCUT2D eigenvalue weighted by Gasteiger charge is -2.27. The Morgan fingerprint density at radius 1 is 0.290 bits per heavy atom. The van der Waals surface area contributed by atoms with Crippen LogP contribution in [0.4, 0.5) is 17.1 Å². The van der Waals surface area contributed by atoms with Gasteiger partial charge in [-0.3, -0.25) is 0 Å². The molecule has 12 rings (SSSR count). The van der Waals surface area contributed by atoms with Crippen molar-refractivity contribution in [2.75, 3.05) is 4.90 Å². The van der Waals surface area contributed by atoms with Gasteiger partial charge >= 0.3 is 0 Å². The van der Waals surface area contributed by atoms with E-state index in [1.807, 2.05) is 0 Å². The van der Waals surface area contributed by atoms with E-state index >= 15 is 0 Å². The molecule has 0 saturated heterocycles. The highest BCUT2D eigenvalue weighted by atomic mass is 16.3. The zero-order chi connectivity index (χ0) is 41.0. The van der Waals surface area contributed by atoms with Crippen molar-refractivity contribution in [3.05, 3.63) is 237 Å². The van der Waals surface area contributed by atoms with E-state index in [-0.39, 0.29) is 0 Å². The van der Waals surface area contributed by atoms with Gasteiger partial charge in [0.2, 0.25) is 0 Å². The fourth-order valence-corrected chi connectivity index (χ4v) is 9.49. The lowest BCUT2D eigenvalue weighted by Crippen LogP contribution is -2.10. The second-order valence-electron chi connectivity index (χ2n) is 16.0. The number of rotatable bonds is 7. The van der Waals surface area contributed by atoms with E-state index in [0.29, 0.717) is 0 Å². The van der Waals surface area contributed by atoms with Crippen molar-refractivity contribution in [2.45, 2.75) is 0 Å². The predicted molar refractivity (Wildman–Crippen MR) is 263 cm³/mol. The monoisotopic (exact) mass is 789 g/mol. The van der Waals surface area contributed by atoms with Crippen LogP contribution in [-0.2, 0) is 0 Å². The standard InChI is InChI=1S/C60H39NO/c1-2-14-40(15-3-1)41-28-30-42(31-29-41)45-19-12-20-48(38-45)61(47-34-32-44(33-35-47)56-39-46-17-5-7-22-50(46)51-23-8-9-24-53(51)56)57-37-36-54(52-26-13-18-43-16-4-6-21-49(43)52)60-59(57)55-25-10-11-27-58(55)62-60/h1-39H. The molecule has 0 bridgehead atoms. The highest BCUT2D eigenvalue weighted by molar-refractivity contribution is 6.19. The number of hydrogen-bond donors (Lipinski definition) is 0. The zero-order valence-electron chi connectivity index (χ0n) is 33.9. The van der Waals surface area contributed by atoms with Crippen LogP contribution in [0.25, 0.3) is 98.8 Å². The summed E-state index contributed by atoms with van der Waals surface area (Å²) in [5.41, 5.74) is 14.2. The number of para-hydroxylation sites is 1. The van der Waals surface area contributed by atoms with Gasteiger partial charge in [0.05, 0.1) is 11.1 Å². The van der Waals surface area contributed by atoms with Gasteiger partial charge in [-0.05, 0) is 120 Å². The Hall–Kier alpha value is -8.20. The summed E-state index contributed by atoms with van der Waals surface area (Å²) in [4.78, 5) is 2.40. The summed E-state index contributed by atoms with van der Waals surface area (Å²) >= 11 is 0. The quantitative estimate of drug-likeness (QED) is 0.150. The highest BCUT2D eigenvalue weighted by Gasteiger charge is 2.23. The average Bonchev–Trinajstić information content (AvgIpc) is 3.75. The van der Waals surface area contributed by atoms with Gasteiger partial charge in [0, 0.05) is 22.3 Å². The molecule has 0 aliphatic carbocycles. The van der Waals surface area contributed by atoms with Gasteiger partial charge in [0.25, 0.3) is 0 Å². The van der Waals surface area contributed by atoms with Crippen LogP contribution in [0.2, 0.25) is 0 Å². The maximum absolute atomic E-state index is 6.92. The third kappa shape index (κ3) is 6.04. The molecule has 0 saturated carbocycles. The molecular weight excluding hydrogens is 751 g/mol. The average molecular weight is 790 g/mol. The van der Waals surface area contributed by atoms with Crippen LogP contribution >= 0.6 is 0 Å². The molecule has 12 aromatic rings. The Kier molecular flexibility index (Phi) is 8.53. The topological polar surface area (TPSA) is 16.4 Å². The van der Waals surface area contributed by atoms with Crippen molar-refractivity contribution >= 4 is 71.3 Å². The van der Waals surface area contributed by atoms with E-state index < -0.39 is 0 Å². The minimum absolute atomic E-state index is 0.863. The number of furan rings is 1. The van der Waals surface area contributed by atoms with Crippen LogP contribution in [0.5, 0.6) is 0 Å². The molecule has 0 aliphatic heterocycles. The van der Waals surface area contributed by atoms with E-state index in [1.54, 1.807) is 0 Å². The first-order chi connectivity index (χ1) is 30.7. The lowest BCUT2D eigenvalue weighted by molar-refractivity contribution is 0.670. The van der Waals surface area contributed by atoms with Gasteiger partial charge in [-0.1, -0.05) is 188 Å². The minimum atomic E-state index is 0.863. The van der Waals surface area contributed by atoms with Crippen molar-refractivity contribution in [3.63, 3.8) is 0 Å². The number of anilines is 3. The number of nitrogens with zero attached hydrogens (tertiary/aromatic N) is 1. The molecule has 11 aromatic carbocycles. The summed E-state index contributed by atoms with van der Waals surface area (Å²) in [6, 6.07) is 85.4. The number of hydrogen-bond acceptors (Lipinski definition) is 2. The molecule has 0 unspecified atom stereocenters. The summed E-state index contributed by atoms with van der Waals surface area (Å²) < 4.78 is 6.92. The molecule has 1 aromatic heterocycles. The predicted octanol–water partition coefficient (Wildman–Crippen LogP) is 17.2. The Bertz CT molecular complexity index is 3610. The summed E-state index contributed by atoms with van der Waals surface area (Å²) in [6.45, 7) is 0. The molecule has 0 radical (unpaired) electrons. The van der Waals surface area contributed by atoms with E-state index in [2.05, 4.69) is 241 Å². The third-order valence-electron chi connectivity index (χ3n) is 12.5. The Morgan fingerprint density at radius 3 is 1.68 bits per heavy atom. The van der Waals surface area contributed by atoms with Crippen LogP contribution in [0.15, 0.2) is 241 Å². The molecule has 62 heavy (non-hydrogen) atoms. The molecule has 2 heteroatoms. The van der Waals surface area contributed by atoms with Crippen molar-refractivity contribution in [3.8, 4) is 44.5 Å². The first kappa shape index (κ1) is 35.7. The summed E-state index contributed by atoms with van der Waals surface area (Å²) in [5, 5.41) is 9.58. The summed E-state index contributed by atoms with van der Waals surface area (Å²) in [7, 11) is 0. The van der Waals surface area contributed by atoms with Crippen LogP contribution in [0.1, 0.15) is 0 Å². The maximum Gasteiger partial charge on any atom is 0.145 e. The van der Waals surface area contributed by atoms with Crippen LogP contribution in [0, 0.1) is 0 Å². The number of benzene rings is 11. The summed E-state index contributed by atoms with van der Waals surface area (Å²) in [6.07, 6.45) is 0. The smallest absolute Gasteiger partial charge is 0.145 e. The van der Waals surface area contributed by atoms with Gasteiger partial charge < -0.3 is 9.32 Å². The van der Waals surface area contributed by atoms with Crippen molar-refractivity contribution in [2.24, 2.45) is 0 Å². The molecule has 0 spiro atoms. The maximum atomic E-state index is 6.92. The highest BCUT2D eigenvalue weighted by Crippen LogP contribution is 2.48. The van der Waals surface area contributed by atoms with Crippen LogP contribution in [0.3, 0.4) is 0 Å². The summed E-state index contributed by atoms with van der Waals surface area (Å²) in [5.74, 6) is 0.